The van der Waals surface area contributed by atoms with E-state index in [2.05, 4.69) is 17.6 Å². The van der Waals surface area contributed by atoms with Crippen molar-refractivity contribution in [3.05, 3.63) is 48.0 Å². The number of carbonyl (C=O) groups excluding carboxylic acids is 2. The molecule has 1 aliphatic heterocycles. The van der Waals surface area contributed by atoms with Crippen LogP contribution >= 0.6 is 37.4 Å². The molecule has 1 fully saturated rings. The average molecular weight is 516 g/mol. The summed E-state index contributed by atoms with van der Waals surface area (Å²) in [6.07, 6.45) is 3.20. The molecule has 0 bridgehead atoms. The molecule has 0 aliphatic carbocycles. The van der Waals surface area contributed by atoms with Gasteiger partial charge >= 0.3 is 0 Å². The number of halogens is 2. The Balaban J connectivity index is 0.00000272. The SMILES string of the molecule is CCC(S)C1N(C(=O)c2cccc3ccccc23)CCNC1(N)CCCCNC(C)=O.Cl.Cl. The molecule has 4 N–H and O–H groups in total. The predicted octanol–water partition coefficient (Wildman–Crippen LogP) is 3.77. The van der Waals surface area contributed by atoms with Crippen LogP contribution in [0.3, 0.4) is 0 Å². The number of nitrogens with zero attached hydrogens (tertiary/aromatic N) is 1. The van der Waals surface area contributed by atoms with Crippen molar-refractivity contribution in [1.29, 1.82) is 0 Å². The third kappa shape index (κ3) is 6.99. The van der Waals surface area contributed by atoms with Gasteiger partial charge in [-0.25, -0.2) is 0 Å². The molecule has 2 aromatic carbocycles. The number of nitrogens with one attached hydrogen (secondary N) is 2. The van der Waals surface area contributed by atoms with Gasteiger partial charge < -0.3 is 16.0 Å². The summed E-state index contributed by atoms with van der Waals surface area (Å²) < 4.78 is 0. The van der Waals surface area contributed by atoms with Crippen molar-refractivity contribution in [1.82, 2.24) is 15.5 Å². The quantitative estimate of drug-likeness (QED) is 0.319. The van der Waals surface area contributed by atoms with E-state index < -0.39 is 5.66 Å². The normalized spacial score (nSPS) is 21.0. The lowest BCUT2D eigenvalue weighted by Gasteiger charge is -2.51. The molecule has 184 valence electrons. The summed E-state index contributed by atoms with van der Waals surface area (Å²) in [6, 6.07) is 13.6. The van der Waals surface area contributed by atoms with Crippen LogP contribution in [0, 0.1) is 0 Å². The average Bonchev–Trinajstić information content (AvgIpc) is 2.77. The Morgan fingerprint density at radius 2 is 1.91 bits per heavy atom. The second kappa shape index (κ2) is 13.4. The second-order valence-corrected chi connectivity index (χ2v) is 9.02. The van der Waals surface area contributed by atoms with Crippen molar-refractivity contribution in [2.75, 3.05) is 19.6 Å². The summed E-state index contributed by atoms with van der Waals surface area (Å²) in [5.41, 5.74) is 6.88. The maximum atomic E-state index is 13.7. The molecule has 33 heavy (non-hydrogen) atoms. The van der Waals surface area contributed by atoms with Crippen molar-refractivity contribution in [3.63, 3.8) is 0 Å². The van der Waals surface area contributed by atoms with Crippen molar-refractivity contribution < 1.29 is 9.59 Å². The van der Waals surface area contributed by atoms with E-state index in [1.165, 1.54) is 6.92 Å². The summed E-state index contributed by atoms with van der Waals surface area (Å²) in [7, 11) is 0. The fourth-order valence-corrected chi connectivity index (χ4v) is 4.97. The molecule has 9 heteroatoms. The van der Waals surface area contributed by atoms with Crippen LogP contribution in [0.4, 0.5) is 0 Å². The van der Waals surface area contributed by atoms with Crippen molar-refractivity contribution in [2.24, 2.45) is 5.73 Å². The Morgan fingerprint density at radius 1 is 1.21 bits per heavy atom. The third-order valence-electron chi connectivity index (χ3n) is 6.13. The van der Waals surface area contributed by atoms with Gasteiger partial charge in [0.05, 0.1) is 11.7 Å². The standard InChI is InChI=1S/C24H34N4O2S.2ClH/c1-3-21(31)22-24(25,13-6-7-14-26-17(2)29)27-15-16-28(22)23(30)20-12-8-10-18-9-4-5-11-19(18)20;;/h4-5,8-12,21-22,27,31H,3,6-7,13-16,25H2,1-2H3,(H,26,29);2*1H. The molecule has 2 aromatic rings. The van der Waals surface area contributed by atoms with E-state index in [4.69, 9.17) is 18.4 Å². The number of hydrogen-bond acceptors (Lipinski definition) is 5. The molecule has 2 amide bonds. The zero-order chi connectivity index (χ0) is 22.4. The van der Waals surface area contributed by atoms with E-state index in [9.17, 15) is 9.59 Å². The minimum Gasteiger partial charge on any atom is -0.356 e. The number of piperazine rings is 1. The Morgan fingerprint density at radius 3 is 2.61 bits per heavy atom. The molecule has 0 spiro atoms. The number of hydrogen-bond donors (Lipinski definition) is 4. The highest BCUT2D eigenvalue weighted by atomic mass is 35.5. The van der Waals surface area contributed by atoms with Gasteiger partial charge in [0.2, 0.25) is 5.91 Å². The maximum absolute atomic E-state index is 13.7. The zero-order valence-corrected chi connectivity index (χ0v) is 21.8. The van der Waals surface area contributed by atoms with Gasteiger partial charge in [-0.05, 0) is 42.5 Å². The monoisotopic (exact) mass is 514 g/mol. The molecule has 0 saturated carbocycles. The number of nitrogens with two attached hydrogens (primary N) is 1. The van der Waals surface area contributed by atoms with Crippen LogP contribution in [-0.2, 0) is 4.79 Å². The van der Waals surface area contributed by atoms with E-state index in [0.717, 1.165) is 30.0 Å². The van der Waals surface area contributed by atoms with Gasteiger partial charge in [-0.2, -0.15) is 12.6 Å². The van der Waals surface area contributed by atoms with Crippen molar-refractivity contribution >= 4 is 60.0 Å². The number of thiol groups is 1. The Labute approximate surface area is 214 Å². The lowest BCUT2D eigenvalue weighted by atomic mass is 9.87. The summed E-state index contributed by atoms with van der Waals surface area (Å²) in [5, 5.41) is 8.27. The number of fused-ring (bicyclic) bond motifs is 1. The van der Waals surface area contributed by atoms with Gasteiger partial charge in [0, 0.05) is 37.4 Å². The highest BCUT2D eigenvalue weighted by Crippen LogP contribution is 2.30. The minimum atomic E-state index is -0.725. The molecule has 0 radical (unpaired) electrons. The van der Waals surface area contributed by atoms with E-state index in [-0.39, 0.29) is 47.9 Å². The smallest absolute Gasteiger partial charge is 0.254 e. The summed E-state index contributed by atoms with van der Waals surface area (Å²) >= 11 is 4.85. The third-order valence-corrected chi connectivity index (χ3v) is 6.77. The first-order valence-electron chi connectivity index (χ1n) is 11.1. The number of rotatable bonds is 8. The van der Waals surface area contributed by atoms with Gasteiger partial charge in [-0.1, -0.05) is 43.3 Å². The first-order valence-corrected chi connectivity index (χ1v) is 11.6. The molecular weight excluding hydrogens is 479 g/mol. The summed E-state index contributed by atoms with van der Waals surface area (Å²) in [6.45, 7) is 5.46. The van der Waals surface area contributed by atoms with Crippen LogP contribution in [-0.4, -0.2) is 53.3 Å². The van der Waals surface area contributed by atoms with Gasteiger partial charge in [0.15, 0.2) is 0 Å². The molecule has 6 nitrogen and oxygen atoms in total. The summed E-state index contributed by atoms with van der Waals surface area (Å²) in [5.74, 6) is -0.0201. The predicted molar refractivity (Wildman–Crippen MR) is 144 cm³/mol. The largest absolute Gasteiger partial charge is 0.356 e. The molecular formula is C24H36Cl2N4O2S. The van der Waals surface area contributed by atoms with Crippen LogP contribution in [0.25, 0.3) is 10.8 Å². The molecule has 1 heterocycles. The number of benzene rings is 2. The fraction of sp³-hybridized carbons (Fsp3) is 0.500. The van der Waals surface area contributed by atoms with Crippen LogP contribution in [0.2, 0.25) is 0 Å². The van der Waals surface area contributed by atoms with Gasteiger partial charge in [0.1, 0.15) is 0 Å². The molecule has 3 unspecified atom stereocenters. The first-order chi connectivity index (χ1) is 14.9. The molecule has 3 atom stereocenters. The van der Waals surface area contributed by atoms with Crippen LogP contribution in [0.1, 0.15) is 49.9 Å². The Kier molecular flexibility index (Phi) is 12.0. The maximum Gasteiger partial charge on any atom is 0.254 e. The topological polar surface area (TPSA) is 87.5 Å². The zero-order valence-electron chi connectivity index (χ0n) is 19.3. The number of unbranched alkanes of at least 4 members (excludes halogenated alkanes) is 1. The van der Waals surface area contributed by atoms with Gasteiger partial charge in [-0.15, -0.1) is 24.8 Å². The van der Waals surface area contributed by atoms with E-state index >= 15 is 0 Å². The fourth-order valence-electron chi connectivity index (χ4n) is 4.54. The molecule has 1 saturated heterocycles. The lowest BCUT2D eigenvalue weighted by Crippen LogP contribution is -2.74. The van der Waals surface area contributed by atoms with Gasteiger partial charge in [-0.3, -0.25) is 14.9 Å². The first kappa shape index (κ1) is 29.5. The van der Waals surface area contributed by atoms with E-state index in [0.29, 0.717) is 31.6 Å². The van der Waals surface area contributed by atoms with E-state index in [1.54, 1.807) is 0 Å². The van der Waals surface area contributed by atoms with Crippen molar-refractivity contribution in [2.45, 2.75) is 56.5 Å². The number of carbonyl (C=O) groups is 2. The van der Waals surface area contributed by atoms with Crippen LogP contribution < -0.4 is 16.4 Å². The summed E-state index contributed by atoms with van der Waals surface area (Å²) in [4.78, 5) is 26.8. The minimum absolute atomic E-state index is 0. The Hall–Kier alpha value is -1.51. The second-order valence-electron chi connectivity index (χ2n) is 8.35. The van der Waals surface area contributed by atoms with Crippen LogP contribution in [0.15, 0.2) is 42.5 Å². The molecule has 3 rings (SSSR count). The molecule has 1 aliphatic rings. The Bertz CT molecular complexity index is 927. The highest BCUT2D eigenvalue weighted by molar-refractivity contribution is 7.81. The van der Waals surface area contributed by atoms with Crippen molar-refractivity contribution in [3.8, 4) is 0 Å². The van der Waals surface area contributed by atoms with Gasteiger partial charge in [0.25, 0.3) is 5.91 Å². The lowest BCUT2D eigenvalue weighted by molar-refractivity contribution is -0.118. The molecule has 0 aromatic heterocycles. The van der Waals surface area contributed by atoms with Crippen LogP contribution in [0.5, 0.6) is 0 Å². The highest BCUT2D eigenvalue weighted by Gasteiger charge is 2.46. The van der Waals surface area contributed by atoms with E-state index in [1.807, 2.05) is 47.4 Å². The number of amides is 2.